The minimum absolute atomic E-state index is 0.244. The number of carboxylic acid groups (broad SMARTS) is 1. The van der Waals surface area contributed by atoms with E-state index in [-0.39, 0.29) is 5.57 Å². The van der Waals surface area contributed by atoms with Gasteiger partial charge < -0.3 is 5.11 Å². The molecule has 0 aromatic heterocycles. The van der Waals surface area contributed by atoms with Crippen LogP contribution in [0.15, 0.2) is 42.0 Å². The van der Waals surface area contributed by atoms with Crippen molar-refractivity contribution in [3.63, 3.8) is 0 Å². The van der Waals surface area contributed by atoms with E-state index in [4.69, 9.17) is 0 Å². The first-order valence-corrected chi connectivity index (χ1v) is 5.74. The maximum atomic E-state index is 12.0. The highest BCUT2D eigenvalue weighted by Crippen LogP contribution is 2.33. The third kappa shape index (κ3) is 1.83. The SMILES string of the molecule is CC1=CC(=O)N(C(C)(C(=O)O)c2ccccc2)C1=O. The first-order valence-electron chi connectivity index (χ1n) is 5.74. The van der Waals surface area contributed by atoms with Gasteiger partial charge in [0.15, 0.2) is 5.54 Å². The molecule has 1 atom stereocenters. The van der Waals surface area contributed by atoms with Gasteiger partial charge in [0.05, 0.1) is 0 Å². The highest BCUT2D eigenvalue weighted by molar-refractivity contribution is 6.18. The molecule has 5 nitrogen and oxygen atoms in total. The predicted molar refractivity (Wildman–Crippen MR) is 67.0 cm³/mol. The fourth-order valence-electron chi connectivity index (χ4n) is 2.12. The maximum Gasteiger partial charge on any atom is 0.334 e. The molecular weight excluding hydrogens is 246 g/mol. The first kappa shape index (κ1) is 13.0. The predicted octanol–water partition coefficient (Wildman–Crippen LogP) is 1.30. The van der Waals surface area contributed by atoms with Gasteiger partial charge in [-0.15, -0.1) is 0 Å². The van der Waals surface area contributed by atoms with Gasteiger partial charge in [-0.1, -0.05) is 30.3 Å². The van der Waals surface area contributed by atoms with E-state index in [1.165, 1.54) is 13.8 Å². The summed E-state index contributed by atoms with van der Waals surface area (Å²) in [5, 5.41) is 9.50. The molecule has 0 spiro atoms. The molecule has 1 aliphatic heterocycles. The van der Waals surface area contributed by atoms with Crippen molar-refractivity contribution in [3.05, 3.63) is 47.5 Å². The smallest absolute Gasteiger partial charge is 0.334 e. The Bertz CT molecular complexity index is 591. The molecule has 2 amide bonds. The molecule has 1 aromatic carbocycles. The molecule has 1 aromatic rings. The van der Waals surface area contributed by atoms with Crippen molar-refractivity contribution in [3.8, 4) is 0 Å². The van der Waals surface area contributed by atoms with Gasteiger partial charge in [0.25, 0.3) is 11.8 Å². The average Bonchev–Trinajstić information content (AvgIpc) is 2.63. The van der Waals surface area contributed by atoms with Crippen LogP contribution in [0, 0.1) is 0 Å². The van der Waals surface area contributed by atoms with E-state index >= 15 is 0 Å². The molecule has 0 radical (unpaired) electrons. The van der Waals surface area contributed by atoms with E-state index < -0.39 is 23.3 Å². The number of amides is 2. The summed E-state index contributed by atoms with van der Waals surface area (Å²) < 4.78 is 0. The lowest BCUT2D eigenvalue weighted by Crippen LogP contribution is -2.53. The second-order valence-corrected chi connectivity index (χ2v) is 4.55. The summed E-state index contributed by atoms with van der Waals surface area (Å²) in [7, 11) is 0. The van der Waals surface area contributed by atoms with Gasteiger partial charge in [-0.05, 0) is 19.4 Å². The third-order valence-corrected chi connectivity index (χ3v) is 3.30. The summed E-state index contributed by atoms with van der Waals surface area (Å²) in [6.07, 6.45) is 1.16. The van der Waals surface area contributed by atoms with Gasteiger partial charge in [-0.2, -0.15) is 0 Å². The van der Waals surface area contributed by atoms with E-state index in [1.54, 1.807) is 30.3 Å². The Kier molecular flexibility index (Phi) is 2.98. The van der Waals surface area contributed by atoms with Crippen molar-refractivity contribution in [2.45, 2.75) is 19.4 Å². The summed E-state index contributed by atoms with van der Waals surface area (Å²) in [5.41, 5.74) is -1.08. The quantitative estimate of drug-likeness (QED) is 0.830. The summed E-state index contributed by atoms with van der Waals surface area (Å²) in [6, 6.07) is 8.25. The second kappa shape index (κ2) is 4.35. The van der Waals surface area contributed by atoms with Crippen LogP contribution in [0.4, 0.5) is 0 Å². The lowest BCUT2D eigenvalue weighted by molar-refractivity contribution is -0.162. The molecule has 1 heterocycles. The Labute approximate surface area is 110 Å². The molecule has 19 heavy (non-hydrogen) atoms. The number of imide groups is 1. The lowest BCUT2D eigenvalue weighted by atomic mass is 9.90. The minimum atomic E-state index is -1.70. The molecule has 2 rings (SSSR count). The Balaban J connectivity index is 2.57. The number of aliphatic carboxylic acids is 1. The van der Waals surface area contributed by atoms with Crippen LogP contribution in [-0.2, 0) is 19.9 Å². The van der Waals surface area contributed by atoms with Crippen LogP contribution in [0.2, 0.25) is 0 Å². The second-order valence-electron chi connectivity index (χ2n) is 4.55. The molecule has 0 fully saturated rings. The molecule has 1 unspecified atom stereocenters. The van der Waals surface area contributed by atoms with Gasteiger partial charge in [-0.3, -0.25) is 14.5 Å². The molecule has 0 aliphatic carbocycles. The third-order valence-electron chi connectivity index (χ3n) is 3.30. The number of rotatable bonds is 3. The molecule has 98 valence electrons. The number of carbonyl (C=O) groups excluding carboxylic acids is 2. The Morgan fingerprint density at radius 1 is 1.21 bits per heavy atom. The summed E-state index contributed by atoms with van der Waals surface area (Å²) in [5.74, 6) is -2.42. The lowest BCUT2D eigenvalue weighted by Gasteiger charge is -2.33. The highest BCUT2D eigenvalue weighted by atomic mass is 16.4. The van der Waals surface area contributed by atoms with E-state index in [0.29, 0.717) is 5.56 Å². The van der Waals surface area contributed by atoms with Gasteiger partial charge >= 0.3 is 5.97 Å². The van der Waals surface area contributed by atoms with Crippen LogP contribution in [0.3, 0.4) is 0 Å². The Morgan fingerprint density at radius 3 is 2.21 bits per heavy atom. The zero-order valence-electron chi connectivity index (χ0n) is 10.6. The standard InChI is InChI=1S/C14H13NO4/c1-9-8-11(16)15(12(9)17)14(2,13(18)19)10-6-4-3-5-7-10/h3-8H,1-2H3,(H,18,19). The molecule has 0 saturated heterocycles. The first-order chi connectivity index (χ1) is 8.89. The Hall–Kier alpha value is -2.43. The monoisotopic (exact) mass is 259 g/mol. The highest BCUT2D eigenvalue weighted by Gasteiger charge is 2.49. The van der Waals surface area contributed by atoms with E-state index in [0.717, 1.165) is 11.0 Å². The molecule has 0 saturated carbocycles. The van der Waals surface area contributed by atoms with Gasteiger partial charge in [0, 0.05) is 11.6 Å². The van der Waals surface area contributed by atoms with E-state index in [9.17, 15) is 19.5 Å². The molecule has 0 bridgehead atoms. The van der Waals surface area contributed by atoms with Crippen LogP contribution in [0.1, 0.15) is 19.4 Å². The number of hydrogen-bond acceptors (Lipinski definition) is 3. The zero-order chi connectivity index (χ0) is 14.2. The van der Waals surface area contributed by atoms with Crippen LogP contribution in [0.5, 0.6) is 0 Å². The molecule has 1 N–H and O–H groups in total. The van der Waals surface area contributed by atoms with Crippen molar-refractivity contribution in [2.24, 2.45) is 0 Å². The topological polar surface area (TPSA) is 74.7 Å². The van der Waals surface area contributed by atoms with Crippen molar-refractivity contribution >= 4 is 17.8 Å². The molecule has 5 heteroatoms. The van der Waals surface area contributed by atoms with Crippen molar-refractivity contribution in [2.75, 3.05) is 0 Å². The minimum Gasteiger partial charge on any atom is -0.479 e. The van der Waals surface area contributed by atoms with Crippen LogP contribution >= 0.6 is 0 Å². The largest absolute Gasteiger partial charge is 0.479 e. The van der Waals surface area contributed by atoms with Crippen LogP contribution in [-0.4, -0.2) is 27.8 Å². The molecule has 1 aliphatic rings. The van der Waals surface area contributed by atoms with E-state index in [2.05, 4.69) is 0 Å². The average molecular weight is 259 g/mol. The molecular formula is C14H13NO4. The normalized spacial score (nSPS) is 18.2. The van der Waals surface area contributed by atoms with Gasteiger partial charge in [0.2, 0.25) is 0 Å². The summed E-state index contributed by atoms with van der Waals surface area (Å²) >= 11 is 0. The van der Waals surface area contributed by atoms with Crippen LogP contribution < -0.4 is 0 Å². The van der Waals surface area contributed by atoms with Crippen molar-refractivity contribution < 1.29 is 19.5 Å². The summed E-state index contributed by atoms with van der Waals surface area (Å²) in [4.78, 5) is 36.3. The van der Waals surface area contributed by atoms with Gasteiger partial charge in [-0.25, -0.2) is 4.79 Å². The Morgan fingerprint density at radius 2 is 1.79 bits per heavy atom. The maximum absolute atomic E-state index is 12.0. The van der Waals surface area contributed by atoms with Crippen molar-refractivity contribution in [1.82, 2.24) is 4.90 Å². The number of hydrogen-bond donors (Lipinski definition) is 1. The summed E-state index contributed by atoms with van der Waals surface area (Å²) in [6.45, 7) is 2.85. The number of carboxylic acids is 1. The van der Waals surface area contributed by atoms with E-state index in [1.807, 2.05) is 0 Å². The van der Waals surface area contributed by atoms with Crippen molar-refractivity contribution in [1.29, 1.82) is 0 Å². The number of nitrogens with zero attached hydrogens (tertiary/aromatic N) is 1. The number of benzene rings is 1. The van der Waals surface area contributed by atoms with Crippen LogP contribution in [0.25, 0.3) is 0 Å². The fraction of sp³-hybridized carbons (Fsp3) is 0.214. The number of carbonyl (C=O) groups is 3. The fourth-order valence-corrected chi connectivity index (χ4v) is 2.12. The zero-order valence-corrected chi connectivity index (χ0v) is 10.6. The van der Waals surface area contributed by atoms with Gasteiger partial charge in [0.1, 0.15) is 0 Å².